The monoisotopic (exact) mass is 370 g/mol. The molecule has 10 nitrogen and oxygen atoms in total. The van der Waals surface area contributed by atoms with E-state index in [9.17, 15) is 4.79 Å². The number of rotatable bonds is 4. The molecule has 3 aromatic heterocycles. The Bertz CT molecular complexity index is 1060. The van der Waals surface area contributed by atoms with Gasteiger partial charge in [0.25, 0.3) is 5.91 Å². The van der Waals surface area contributed by atoms with Crippen LogP contribution in [-0.2, 0) is 6.54 Å². The fourth-order valence-corrected chi connectivity index (χ4v) is 2.48. The average molecular weight is 371 g/mol. The zero-order valence-corrected chi connectivity index (χ0v) is 13.9. The topological polar surface area (TPSA) is 138 Å². The molecule has 4 aromatic rings. The Morgan fingerprint density at radius 2 is 1.96 bits per heavy atom. The summed E-state index contributed by atoms with van der Waals surface area (Å²) in [5.41, 5.74) is 7.06. The van der Waals surface area contributed by atoms with Gasteiger partial charge >= 0.3 is 0 Å². The van der Waals surface area contributed by atoms with Gasteiger partial charge in [0.15, 0.2) is 22.2 Å². The summed E-state index contributed by atoms with van der Waals surface area (Å²) in [6.07, 6.45) is 2.91. The maximum atomic E-state index is 12.3. The van der Waals surface area contributed by atoms with Crippen LogP contribution in [0.4, 0.5) is 5.82 Å². The minimum atomic E-state index is -0.556. The van der Waals surface area contributed by atoms with Gasteiger partial charge in [-0.25, -0.2) is 15.0 Å². The third-order valence-corrected chi connectivity index (χ3v) is 3.68. The average Bonchev–Trinajstić information content (AvgIpc) is 3.30. The van der Waals surface area contributed by atoms with Crippen molar-refractivity contribution < 1.29 is 9.21 Å². The third kappa shape index (κ3) is 2.93. The molecule has 0 atom stereocenters. The third-order valence-electron chi connectivity index (χ3n) is 3.43. The summed E-state index contributed by atoms with van der Waals surface area (Å²) >= 11 is 6.07. The summed E-state index contributed by atoms with van der Waals surface area (Å²) in [4.78, 5) is 25.8. The molecule has 1 aromatic carbocycles. The largest absolute Gasteiger partial charge is 0.439 e. The first kappa shape index (κ1) is 16.0. The standard InChI is InChI=1S/C15H11ClN8O2/c16-12-14(24-19-5-6-20-24)23-13(17)11(22-12)15(25)18-7-10-21-8-3-1-2-4-9(8)26-10/h1-6H,7H2,(H2,17,23)(H,18,25). The molecule has 11 heteroatoms. The van der Waals surface area contributed by atoms with E-state index < -0.39 is 5.91 Å². The molecule has 0 saturated heterocycles. The van der Waals surface area contributed by atoms with E-state index in [1.54, 1.807) is 6.07 Å². The number of nitrogens with zero attached hydrogens (tertiary/aromatic N) is 6. The predicted molar refractivity (Wildman–Crippen MR) is 91.6 cm³/mol. The van der Waals surface area contributed by atoms with Crippen LogP contribution in [0.2, 0.25) is 5.15 Å². The van der Waals surface area contributed by atoms with Crippen molar-refractivity contribution >= 4 is 34.4 Å². The van der Waals surface area contributed by atoms with Crippen molar-refractivity contribution in [2.75, 3.05) is 5.73 Å². The molecule has 0 aliphatic carbocycles. The molecule has 0 unspecified atom stereocenters. The molecule has 3 heterocycles. The van der Waals surface area contributed by atoms with Crippen molar-refractivity contribution in [3.8, 4) is 5.82 Å². The van der Waals surface area contributed by atoms with Gasteiger partial charge in [-0.2, -0.15) is 10.2 Å². The molecule has 0 radical (unpaired) electrons. The maximum Gasteiger partial charge on any atom is 0.274 e. The van der Waals surface area contributed by atoms with E-state index in [0.717, 1.165) is 4.80 Å². The zero-order chi connectivity index (χ0) is 18.1. The summed E-state index contributed by atoms with van der Waals surface area (Å²) in [6, 6.07) is 7.29. The molecule has 130 valence electrons. The molecule has 0 aliphatic rings. The highest BCUT2D eigenvalue weighted by Gasteiger charge is 2.19. The highest BCUT2D eigenvalue weighted by Crippen LogP contribution is 2.19. The van der Waals surface area contributed by atoms with Crippen LogP contribution in [0.15, 0.2) is 41.1 Å². The number of hydrogen-bond donors (Lipinski definition) is 2. The smallest absolute Gasteiger partial charge is 0.274 e. The van der Waals surface area contributed by atoms with Crippen molar-refractivity contribution in [1.82, 2.24) is 35.3 Å². The summed E-state index contributed by atoms with van der Waals surface area (Å²) in [6.45, 7) is 0.0642. The minimum absolute atomic E-state index is 0.0533. The van der Waals surface area contributed by atoms with Crippen LogP contribution in [0.5, 0.6) is 0 Å². The number of carbonyl (C=O) groups excluding carboxylic acids is 1. The van der Waals surface area contributed by atoms with Gasteiger partial charge in [-0.05, 0) is 12.1 Å². The second-order valence-corrected chi connectivity index (χ2v) is 5.51. The highest BCUT2D eigenvalue weighted by molar-refractivity contribution is 6.31. The number of oxazole rings is 1. The van der Waals surface area contributed by atoms with Gasteiger partial charge in [-0.15, -0.1) is 4.80 Å². The SMILES string of the molecule is Nc1nc(-n2nccn2)c(Cl)nc1C(=O)NCc1nc2ccccc2o1. The second kappa shape index (κ2) is 6.41. The number of nitrogens with two attached hydrogens (primary N) is 1. The van der Waals surface area contributed by atoms with Crippen LogP contribution in [0.3, 0.4) is 0 Å². The first-order valence-corrected chi connectivity index (χ1v) is 7.82. The lowest BCUT2D eigenvalue weighted by atomic mass is 10.3. The normalized spacial score (nSPS) is 11.0. The molecule has 4 rings (SSSR count). The lowest BCUT2D eigenvalue weighted by molar-refractivity contribution is 0.0943. The summed E-state index contributed by atoms with van der Waals surface area (Å²) < 4.78 is 5.54. The number of hydrogen-bond acceptors (Lipinski definition) is 8. The molecular weight excluding hydrogens is 360 g/mol. The van der Waals surface area contributed by atoms with Crippen LogP contribution in [-0.4, -0.2) is 35.9 Å². The van der Waals surface area contributed by atoms with E-state index in [4.69, 9.17) is 21.8 Å². The molecular formula is C15H11ClN8O2. The Balaban J connectivity index is 1.53. The molecule has 0 bridgehead atoms. The van der Waals surface area contributed by atoms with E-state index in [1.807, 2.05) is 18.2 Å². The van der Waals surface area contributed by atoms with E-state index >= 15 is 0 Å². The van der Waals surface area contributed by atoms with Crippen molar-refractivity contribution in [2.24, 2.45) is 0 Å². The lowest BCUT2D eigenvalue weighted by Gasteiger charge is -2.07. The fraction of sp³-hybridized carbons (Fsp3) is 0.0667. The van der Waals surface area contributed by atoms with Crippen LogP contribution in [0.1, 0.15) is 16.4 Å². The van der Waals surface area contributed by atoms with Crippen LogP contribution < -0.4 is 11.1 Å². The molecule has 26 heavy (non-hydrogen) atoms. The van der Waals surface area contributed by atoms with E-state index in [1.165, 1.54) is 12.4 Å². The van der Waals surface area contributed by atoms with Crippen molar-refractivity contribution in [2.45, 2.75) is 6.54 Å². The van der Waals surface area contributed by atoms with Crippen molar-refractivity contribution in [1.29, 1.82) is 0 Å². The number of carbonyl (C=O) groups is 1. The number of anilines is 1. The number of nitrogens with one attached hydrogen (secondary N) is 1. The van der Waals surface area contributed by atoms with Gasteiger partial charge in [0.05, 0.1) is 18.9 Å². The number of benzene rings is 1. The Morgan fingerprint density at radius 1 is 1.19 bits per heavy atom. The highest BCUT2D eigenvalue weighted by atomic mass is 35.5. The Labute approximate surface area is 151 Å². The number of halogens is 1. The predicted octanol–water partition coefficient (Wildman–Crippen LogP) is 1.36. The van der Waals surface area contributed by atoms with Crippen molar-refractivity contribution in [3.05, 3.63) is 53.4 Å². The number of amides is 1. The second-order valence-electron chi connectivity index (χ2n) is 5.15. The molecule has 0 spiro atoms. The molecule has 0 saturated carbocycles. The zero-order valence-electron chi connectivity index (χ0n) is 13.1. The summed E-state index contributed by atoms with van der Waals surface area (Å²) in [5.74, 6) is -0.171. The molecule has 1 amide bonds. The maximum absolute atomic E-state index is 12.3. The van der Waals surface area contributed by atoms with E-state index in [2.05, 4.69) is 30.5 Å². The lowest BCUT2D eigenvalue weighted by Crippen LogP contribution is -2.26. The quantitative estimate of drug-likeness (QED) is 0.549. The number of para-hydroxylation sites is 2. The summed E-state index contributed by atoms with van der Waals surface area (Å²) in [7, 11) is 0. The molecule has 0 aliphatic heterocycles. The number of aromatic nitrogens is 6. The summed E-state index contributed by atoms with van der Waals surface area (Å²) in [5, 5.41) is 10.4. The molecule has 3 N–H and O–H groups in total. The Hall–Kier alpha value is -3.53. The van der Waals surface area contributed by atoms with Gasteiger partial charge in [-0.3, -0.25) is 4.79 Å². The van der Waals surface area contributed by atoms with Crippen LogP contribution in [0.25, 0.3) is 16.9 Å². The number of nitrogen functional groups attached to an aromatic ring is 1. The first-order chi connectivity index (χ1) is 12.6. The van der Waals surface area contributed by atoms with Crippen LogP contribution in [0, 0.1) is 0 Å². The van der Waals surface area contributed by atoms with E-state index in [0.29, 0.717) is 17.0 Å². The minimum Gasteiger partial charge on any atom is -0.439 e. The Kier molecular flexibility index (Phi) is 3.93. The van der Waals surface area contributed by atoms with Crippen LogP contribution >= 0.6 is 11.6 Å². The molecule has 0 fully saturated rings. The van der Waals surface area contributed by atoms with Gasteiger partial charge in [0, 0.05) is 0 Å². The van der Waals surface area contributed by atoms with Gasteiger partial charge < -0.3 is 15.5 Å². The van der Waals surface area contributed by atoms with Crippen molar-refractivity contribution in [3.63, 3.8) is 0 Å². The Morgan fingerprint density at radius 3 is 2.73 bits per heavy atom. The first-order valence-electron chi connectivity index (χ1n) is 7.44. The number of fused-ring (bicyclic) bond motifs is 1. The van der Waals surface area contributed by atoms with Gasteiger partial charge in [0.2, 0.25) is 11.7 Å². The van der Waals surface area contributed by atoms with Gasteiger partial charge in [0.1, 0.15) is 5.52 Å². The fourth-order valence-electron chi connectivity index (χ4n) is 2.27. The van der Waals surface area contributed by atoms with E-state index in [-0.39, 0.29) is 29.0 Å². The van der Waals surface area contributed by atoms with Gasteiger partial charge in [-0.1, -0.05) is 23.7 Å².